The molecule has 1 aromatic carbocycles. The Morgan fingerprint density at radius 1 is 1.40 bits per heavy atom. The number of nitrogens with zero attached hydrogens (tertiary/aromatic N) is 1. The Balaban J connectivity index is 2.16. The monoisotopic (exact) mass is 308 g/mol. The Hall–Kier alpha value is -1.85. The molecular formula is C14H13ClN2O2S. The summed E-state index contributed by atoms with van der Waals surface area (Å²) in [6, 6.07) is 8.73. The van der Waals surface area contributed by atoms with Gasteiger partial charge in [0.1, 0.15) is 5.75 Å². The van der Waals surface area contributed by atoms with E-state index in [1.807, 2.05) is 24.4 Å². The number of thiophene rings is 1. The van der Waals surface area contributed by atoms with Crippen LogP contribution in [0.4, 0.5) is 0 Å². The minimum Gasteiger partial charge on any atom is -0.496 e. The SMILES string of the molecule is COc1ccc(Cl)cc1C(=O)N/N=C(/C)c1cccs1. The zero-order valence-electron chi connectivity index (χ0n) is 11.0. The van der Waals surface area contributed by atoms with Crippen LogP contribution in [-0.4, -0.2) is 18.7 Å². The van der Waals surface area contributed by atoms with Crippen LogP contribution in [0.5, 0.6) is 5.75 Å². The van der Waals surface area contributed by atoms with Gasteiger partial charge in [-0.2, -0.15) is 5.10 Å². The van der Waals surface area contributed by atoms with Gasteiger partial charge in [-0.1, -0.05) is 17.7 Å². The number of methoxy groups -OCH3 is 1. The van der Waals surface area contributed by atoms with Gasteiger partial charge in [-0.15, -0.1) is 11.3 Å². The van der Waals surface area contributed by atoms with Crippen molar-refractivity contribution in [1.29, 1.82) is 0 Å². The number of benzene rings is 1. The number of halogens is 1. The minimum atomic E-state index is -0.361. The Morgan fingerprint density at radius 2 is 2.20 bits per heavy atom. The van der Waals surface area contributed by atoms with Gasteiger partial charge in [0.25, 0.3) is 5.91 Å². The molecule has 0 saturated heterocycles. The predicted octanol–water partition coefficient (Wildman–Crippen LogP) is 3.56. The zero-order chi connectivity index (χ0) is 14.5. The van der Waals surface area contributed by atoms with Gasteiger partial charge in [-0.25, -0.2) is 5.43 Å². The fraction of sp³-hybridized carbons (Fsp3) is 0.143. The van der Waals surface area contributed by atoms with E-state index >= 15 is 0 Å². The van der Waals surface area contributed by atoms with Crippen molar-refractivity contribution < 1.29 is 9.53 Å². The smallest absolute Gasteiger partial charge is 0.275 e. The summed E-state index contributed by atoms with van der Waals surface area (Å²) in [5.74, 6) is 0.0936. The molecule has 0 spiro atoms. The van der Waals surface area contributed by atoms with Crippen molar-refractivity contribution in [1.82, 2.24) is 5.43 Å². The molecule has 0 saturated carbocycles. The molecule has 0 radical (unpaired) electrons. The third-order valence-corrected chi connectivity index (χ3v) is 3.82. The molecule has 0 atom stereocenters. The number of carbonyl (C=O) groups excluding carboxylic acids is 1. The second kappa shape index (κ2) is 6.54. The molecule has 1 aromatic heterocycles. The number of ether oxygens (including phenoxy) is 1. The van der Waals surface area contributed by atoms with E-state index in [0.29, 0.717) is 16.3 Å². The topological polar surface area (TPSA) is 50.7 Å². The van der Waals surface area contributed by atoms with E-state index in [-0.39, 0.29) is 5.91 Å². The van der Waals surface area contributed by atoms with Crippen molar-refractivity contribution in [3.8, 4) is 5.75 Å². The lowest BCUT2D eigenvalue weighted by Gasteiger charge is -2.07. The first kappa shape index (κ1) is 14.6. The molecule has 6 heteroatoms. The Bertz CT molecular complexity index is 639. The molecular weight excluding hydrogens is 296 g/mol. The molecule has 1 N–H and O–H groups in total. The molecule has 20 heavy (non-hydrogen) atoms. The largest absolute Gasteiger partial charge is 0.496 e. The maximum atomic E-state index is 12.1. The molecule has 0 aliphatic rings. The predicted molar refractivity (Wildman–Crippen MR) is 82.0 cm³/mol. The van der Waals surface area contributed by atoms with Crippen LogP contribution in [0.3, 0.4) is 0 Å². The first-order valence-electron chi connectivity index (χ1n) is 5.84. The number of carbonyl (C=O) groups is 1. The summed E-state index contributed by atoms with van der Waals surface area (Å²) in [4.78, 5) is 13.1. The van der Waals surface area contributed by atoms with Gasteiger partial charge in [-0.05, 0) is 36.6 Å². The van der Waals surface area contributed by atoms with Crippen molar-refractivity contribution in [3.05, 3.63) is 51.2 Å². The van der Waals surface area contributed by atoms with E-state index in [9.17, 15) is 4.79 Å². The van der Waals surface area contributed by atoms with Crippen LogP contribution in [-0.2, 0) is 0 Å². The molecule has 0 fully saturated rings. The highest BCUT2D eigenvalue weighted by atomic mass is 35.5. The van der Waals surface area contributed by atoms with Gasteiger partial charge in [0.15, 0.2) is 0 Å². The summed E-state index contributed by atoms with van der Waals surface area (Å²) in [5.41, 5.74) is 3.60. The second-order valence-corrected chi connectivity index (χ2v) is 5.34. The van der Waals surface area contributed by atoms with Crippen LogP contribution in [0, 0.1) is 0 Å². The first-order chi connectivity index (χ1) is 9.61. The summed E-state index contributed by atoms with van der Waals surface area (Å²) in [6.07, 6.45) is 0. The fourth-order valence-electron chi connectivity index (χ4n) is 1.59. The molecule has 0 aliphatic carbocycles. The number of hydrogen-bond donors (Lipinski definition) is 1. The van der Waals surface area contributed by atoms with Crippen molar-refractivity contribution >= 4 is 34.6 Å². The van der Waals surface area contributed by atoms with Gasteiger partial charge in [-0.3, -0.25) is 4.79 Å². The first-order valence-corrected chi connectivity index (χ1v) is 7.09. The highest BCUT2D eigenvalue weighted by Crippen LogP contribution is 2.22. The number of rotatable bonds is 4. The third kappa shape index (κ3) is 3.37. The lowest BCUT2D eigenvalue weighted by molar-refractivity contribution is 0.0952. The Labute approximate surface area is 126 Å². The van der Waals surface area contributed by atoms with E-state index in [1.54, 1.807) is 29.5 Å². The number of hydrogen-bond acceptors (Lipinski definition) is 4. The second-order valence-electron chi connectivity index (χ2n) is 3.96. The van der Waals surface area contributed by atoms with Crippen LogP contribution in [0.1, 0.15) is 22.2 Å². The molecule has 0 bridgehead atoms. The normalized spacial score (nSPS) is 11.2. The Kier molecular flexibility index (Phi) is 4.76. The number of amides is 1. The summed E-state index contributed by atoms with van der Waals surface area (Å²) < 4.78 is 5.13. The van der Waals surface area contributed by atoms with Crippen LogP contribution in [0.2, 0.25) is 5.02 Å². The summed E-state index contributed by atoms with van der Waals surface area (Å²) in [7, 11) is 1.50. The lowest BCUT2D eigenvalue weighted by atomic mass is 10.2. The highest BCUT2D eigenvalue weighted by Gasteiger charge is 2.12. The zero-order valence-corrected chi connectivity index (χ0v) is 12.6. The van der Waals surface area contributed by atoms with Gasteiger partial charge >= 0.3 is 0 Å². The lowest BCUT2D eigenvalue weighted by Crippen LogP contribution is -2.19. The molecule has 4 nitrogen and oxygen atoms in total. The van der Waals surface area contributed by atoms with E-state index in [0.717, 1.165) is 10.6 Å². The van der Waals surface area contributed by atoms with E-state index in [1.165, 1.54) is 7.11 Å². The third-order valence-electron chi connectivity index (χ3n) is 2.61. The van der Waals surface area contributed by atoms with Gasteiger partial charge in [0, 0.05) is 9.90 Å². The van der Waals surface area contributed by atoms with Crippen LogP contribution >= 0.6 is 22.9 Å². The van der Waals surface area contributed by atoms with Gasteiger partial charge in [0.05, 0.1) is 18.4 Å². The van der Waals surface area contributed by atoms with E-state index in [2.05, 4.69) is 10.5 Å². The number of hydrazone groups is 1. The molecule has 2 aromatic rings. The molecule has 2 rings (SSSR count). The summed E-state index contributed by atoms with van der Waals surface area (Å²) >= 11 is 7.45. The highest BCUT2D eigenvalue weighted by molar-refractivity contribution is 7.12. The quantitative estimate of drug-likeness (QED) is 0.693. The summed E-state index contributed by atoms with van der Waals surface area (Å²) in [6.45, 7) is 1.83. The molecule has 104 valence electrons. The maximum Gasteiger partial charge on any atom is 0.275 e. The van der Waals surface area contributed by atoms with E-state index in [4.69, 9.17) is 16.3 Å². The van der Waals surface area contributed by atoms with Crippen molar-refractivity contribution in [3.63, 3.8) is 0 Å². The average Bonchev–Trinajstić information content (AvgIpc) is 2.98. The van der Waals surface area contributed by atoms with Crippen molar-refractivity contribution in [2.45, 2.75) is 6.92 Å². The Morgan fingerprint density at radius 3 is 2.85 bits per heavy atom. The summed E-state index contributed by atoms with van der Waals surface area (Å²) in [5, 5.41) is 6.50. The minimum absolute atomic E-state index is 0.350. The van der Waals surface area contributed by atoms with Crippen LogP contribution in [0.25, 0.3) is 0 Å². The average molecular weight is 309 g/mol. The molecule has 0 unspecified atom stereocenters. The van der Waals surface area contributed by atoms with Crippen LogP contribution < -0.4 is 10.2 Å². The van der Waals surface area contributed by atoms with Crippen molar-refractivity contribution in [2.75, 3.05) is 7.11 Å². The standard InChI is InChI=1S/C14H13ClN2O2S/c1-9(13-4-3-7-20-13)16-17-14(18)11-8-10(15)5-6-12(11)19-2/h3-8H,1-2H3,(H,17,18)/b16-9-. The fourth-order valence-corrected chi connectivity index (χ4v) is 2.44. The van der Waals surface area contributed by atoms with Gasteiger partial charge in [0.2, 0.25) is 0 Å². The van der Waals surface area contributed by atoms with Crippen molar-refractivity contribution in [2.24, 2.45) is 5.10 Å². The maximum absolute atomic E-state index is 12.1. The van der Waals surface area contributed by atoms with Crippen LogP contribution in [0.15, 0.2) is 40.8 Å². The van der Waals surface area contributed by atoms with E-state index < -0.39 is 0 Å². The van der Waals surface area contributed by atoms with Gasteiger partial charge < -0.3 is 4.74 Å². The molecule has 1 heterocycles. The number of nitrogens with one attached hydrogen (secondary N) is 1. The molecule has 0 aliphatic heterocycles. The molecule has 1 amide bonds.